The zero-order valence-electron chi connectivity index (χ0n) is 10.1. The second-order valence-electron chi connectivity index (χ2n) is 4.12. The third kappa shape index (κ3) is 2.64. The van der Waals surface area contributed by atoms with E-state index >= 15 is 0 Å². The molecule has 0 fully saturated rings. The maximum absolute atomic E-state index is 5.95. The number of hydrogen-bond donors (Lipinski definition) is 2. The van der Waals surface area contributed by atoms with Gasteiger partial charge in [0, 0.05) is 46.3 Å². The second-order valence-corrected chi connectivity index (χ2v) is 5.04. The summed E-state index contributed by atoms with van der Waals surface area (Å²) >= 11 is 1.83. The molecule has 1 unspecified atom stereocenters. The number of anilines is 2. The normalized spacial score (nSPS) is 12.6. The molecule has 0 amide bonds. The van der Waals surface area contributed by atoms with Crippen LogP contribution in [-0.4, -0.2) is 23.0 Å². The number of fused-ring (bicyclic) bond motifs is 1. The van der Waals surface area contributed by atoms with Gasteiger partial charge in [-0.1, -0.05) is 0 Å². The minimum absolute atomic E-state index is 0.428. The van der Waals surface area contributed by atoms with Crippen LogP contribution < -0.4 is 11.1 Å². The van der Waals surface area contributed by atoms with Gasteiger partial charge in [-0.25, -0.2) is 0 Å². The predicted octanol–water partition coefficient (Wildman–Crippen LogP) is 2.98. The van der Waals surface area contributed by atoms with E-state index in [0.29, 0.717) is 6.04 Å². The van der Waals surface area contributed by atoms with Crippen molar-refractivity contribution in [3.8, 4) is 0 Å². The van der Waals surface area contributed by atoms with Crippen molar-refractivity contribution in [3.05, 3.63) is 30.6 Å². The maximum atomic E-state index is 5.95. The van der Waals surface area contributed by atoms with Crippen LogP contribution >= 0.6 is 11.8 Å². The molecule has 0 aliphatic rings. The van der Waals surface area contributed by atoms with E-state index in [1.54, 1.807) is 6.20 Å². The van der Waals surface area contributed by atoms with E-state index in [0.717, 1.165) is 27.9 Å². The molecule has 0 aliphatic heterocycles. The van der Waals surface area contributed by atoms with E-state index in [1.807, 2.05) is 36.2 Å². The van der Waals surface area contributed by atoms with Crippen LogP contribution in [0.4, 0.5) is 11.4 Å². The van der Waals surface area contributed by atoms with Crippen LogP contribution in [0.1, 0.15) is 6.92 Å². The Labute approximate surface area is 106 Å². The first-order chi connectivity index (χ1) is 8.22. The fourth-order valence-electron chi connectivity index (χ4n) is 1.90. The molecule has 1 atom stereocenters. The molecular formula is C13H17N3S. The number of nitrogens with one attached hydrogen (secondary N) is 1. The highest BCUT2D eigenvalue weighted by atomic mass is 32.2. The standard InChI is InChI=1S/C13H17N3S/c1-9(8-17-2)16-13-4-3-12(14)10-5-6-15-7-11(10)13/h3-7,9,16H,8,14H2,1-2H3. The van der Waals surface area contributed by atoms with Crippen LogP contribution in [-0.2, 0) is 0 Å². The Morgan fingerprint density at radius 3 is 2.94 bits per heavy atom. The van der Waals surface area contributed by atoms with Gasteiger partial charge < -0.3 is 11.1 Å². The first-order valence-electron chi connectivity index (χ1n) is 5.60. The summed E-state index contributed by atoms with van der Waals surface area (Å²) in [5, 5.41) is 5.64. The molecule has 1 heterocycles. The zero-order valence-corrected chi connectivity index (χ0v) is 10.9. The van der Waals surface area contributed by atoms with Gasteiger partial charge in [-0.05, 0) is 31.4 Å². The molecule has 1 aromatic carbocycles. The fourth-order valence-corrected chi connectivity index (χ4v) is 2.48. The number of nitrogens with two attached hydrogens (primary N) is 1. The molecule has 4 heteroatoms. The van der Waals surface area contributed by atoms with Gasteiger partial charge in [-0.3, -0.25) is 4.98 Å². The molecule has 17 heavy (non-hydrogen) atoms. The lowest BCUT2D eigenvalue weighted by atomic mass is 10.1. The SMILES string of the molecule is CSCC(C)Nc1ccc(N)c2ccncc12. The highest BCUT2D eigenvalue weighted by Gasteiger charge is 2.06. The van der Waals surface area contributed by atoms with Gasteiger partial charge in [0.25, 0.3) is 0 Å². The number of benzene rings is 1. The van der Waals surface area contributed by atoms with Crippen LogP contribution in [0.3, 0.4) is 0 Å². The van der Waals surface area contributed by atoms with Crippen molar-refractivity contribution >= 4 is 33.9 Å². The van der Waals surface area contributed by atoms with Gasteiger partial charge in [0.2, 0.25) is 0 Å². The molecule has 3 N–H and O–H groups in total. The Morgan fingerprint density at radius 2 is 2.18 bits per heavy atom. The van der Waals surface area contributed by atoms with E-state index in [4.69, 9.17) is 5.73 Å². The summed E-state index contributed by atoms with van der Waals surface area (Å²) in [6.45, 7) is 2.18. The number of pyridine rings is 1. The van der Waals surface area contributed by atoms with Crippen molar-refractivity contribution in [3.63, 3.8) is 0 Å². The Bertz CT molecular complexity index is 513. The van der Waals surface area contributed by atoms with Gasteiger partial charge in [-0.15, -0.1) is 0 Å². The third-order valence-electron chi connectivity index (χ3n) is 2.67. The van der Waals surface area contributed by atoms with Gasteiger partial charge in [-0.2, -0.15) is 11.8 Å². The molecule has 0 saturated heterocycles. The minimum Gasteiger partial charge on any atom is -0.398 e. The van der Waals surface area contributed by atoms with Crippen molar-refractivity contribution in [2.75, 3.05) is 23.1 Å². The average Bonchev–Trinajstić information content (AvgIpc) is 2.34. The van der Waals surface area contributed by atoms with Crippen LogP contribution in [0, 0.1) is 0 Å². The lowest BCUT2D eigenvalue weighted by Gasteiger charge is -2.16. The van der Waals surface area contributed by atoms with Crippen LogP contribution in [0.25, 0.3) is 10.8 Å². The smallest absolute Gasteiger partial charge is 0.0439 e. The summed E-state index contributed by atoms with van der Waals surface area (Å²) in [5.41, 5.74) is 7.85. The van der Waals surface area contributed by atoms with E-state index in [1.165, 1.54) is 0 Å². The van der Waals surface area contributed by atoms with Crippen LogP contribution in [0.15, 0.2) is 30.6 Å². The highest BCUT2D eigenvalue weighted by Crippen LogP contribution is 2.27. The third-order valence-corrected chi connectivity index (χ3v) is 3.50. The maximum Gasteiger partial charge on any atom is 0.0439 e. The molecule has 0 radical (unpaired) electrons. The van der Waals surface area contributed by atoms with Gasteiger partial charge in [0.05, 0.1) is 0 Å². The predicted molar refractivity (Wildman–Crippen MR) is 77.6 cm³/mol. The Hall–Kier alpha value is -1.42. The summed E-state index contributed by atoms with van der Waals surface area (Å²) < 4.78 is 0. The molecule has 2 rings (SSSR count). The summed E-state index contributed by atoms with van der Waals surface area (Å²) in [6.07, 6.45) is 5.74. The number of nitrogens with zero attached hydrogens (tertiary/aromatic N) is 1. The lowest BCUT2D eigenvalue weighted by Crippen LogP contribution is -2.17. The minimum atomic E-state index is 0.428. The van der Waals surface area contributed by atoms with Crippen molar-refractivity contribution in [2.24, 2.45) is 0 Å². The number of hydrogen-bond acceptors (Lipinski definition) is 4. The summed E-state index contributed by atoms with van der Waals surface area (Å²) in [5.74, 6) is 1.08. The Kier molecular flexibility index (Phi) is 3.74. The first kappa shape index (κ1) is 12.0. The quantitative estimate of drug-likeness (QED) is 0.816. The number of rotatable bonds is 4. The summed E-state index contributed by atoms with van der Waals surface area (Å²) in [7, 11) is 0. The first-order valence-corrected chi connectivity index (χ1v) is 6.99. The summed E-state index contributed by atoms with van der Waals surface area (Å²) in [6, 6.07) is 6.35. The topological polar surface area (TPSA) is 50.9 Å². The van der Waals surface area contributed by atoms with E-state index in [-0.39, 0.29) is 0 Å². The lowest BCUT2D eigenvalue weighted by molar-refractivity contribution is 0.916. The number of nitrogen functional groups attached to an aromatic ring is 1. The van der Waals surface area contributed by atoms with Crippen molar-refractivity contribution in [2.45, 2.75) is 13.0 Å². The van der Waals surface area contributed by atoms with E-state index in [2.05, 4.69) is 23.5 Å². The van der Waals surface area contributed by atoms with E-state index < -0.39 is 0 Å². The highest BCUT2D eigenvalue weighted by molar-refractivity contribution is 7.98. The van der Waals surface area contributed by atoms with Crippen molar-refractivity contribution < 1.29 is 0 Å². The Morgan fingerprint density at radius 1 is 1.35 bits per heavy atom. The largest absolute Gasteiger partial charge is 0.398 e. The molecule has 2 aromatic rings. The fraction of sp³-hybridized carbons (Fsp3) is 0.308. The average molecular weight is 247 g/mol. The second kappa shape index (κ2) is 5.27. The van der Waals surface area contributed by atoms with Gasteiger partial charge in [0.1, 0.15) is 0 Å². The van der Waals surface area contributed by atoms with Gasteiger partial charge >= 0.3 is 0 Å². The monoisotopic (exact) mass is 247 g/mol. The number of thioether (sulfide) groups is 1. The molecular weight excluding hydrogens is 230 g/mol. The van der Waals surface area contributed by atoms with Crippen molar-refractivity contribution in [1.29, 1.82) is 0 Å². The van der Waals surface area contributed by atoms with Crippen molar-refractivity contribution in [1.82, 2.24) is 4.98 Å². The molecule has 1 aromatic heterocycles. The van der Waals surface area contributed by atoms with E-state index in [9.17, 15) is 0 Å². The number of aromatic nitrogens is 1. The molecule has 0 aliphatic carbocycles. The summed E-state index contributed by atoms with van der Waals surface area (Å²) in [4.78, 5) is 4.17. The molecule has 0 spiro atoms. The Balaban J connectivity index is 2.38. The molecule has 90 valence electrons. The van der Waals surface area contributed by atoms with Gasteiger partial charge in [0.15, 0.2) is 0 Å². The molecule has 0 bridgehead atoms. The molecule has 3 nitrogen and oxygen atoms in total. The van der Waals surface area contributed by atoms with Crippen LogP contribution in [0.5, 0.6) is 0 Å². The molecule has 0 saturated carbocycles. The zero-order chi connectivity index (χ0) is 12.3. The van der Waals surface area contributed by atoms with Crippen LogP contribution in [0.2, 0.25) is 0 Å².